The number of amides is 1. The Morgan fingerprint density at radius 1 is 1.38 bits per heavy atom. The lowest BCUT2D eigenvalue weighted by atomic mass is 10.1. The summed E-state index contributed by atoms with van der Waals surface area (Å²) in [6.07, 6.45) is 2.98. The molecule has 2 atom stereocenters. The van der Waals surface area contributed by atoms with Gasteiger partial charge in [-0.2, -0.15) is 0 Å². The van der Waals surface area contributed by atoms with Crippen molar-refractivity contribution in [2.24, 2.45) is 11.7 Å². The first kappa shape index (κ1) is 15.7. The third-order valence-corrected chi connectivity index (χ3v) is 4.29. The van der Waals surface area contributed by atoms with E-state index in [9.17, 15) is 14.9 Å². The Balaban J connectivity index is 0.00000161. The Morgan fingerprint density at radius 2 is 2.14 bits per heavy atom. The number of halogens is 1. The molecule has 0 aromatic heterocycles. The number of hydrogen-bond donors (Lipinski definition) is 1. The summed E-state index contributed by atoms with van der Waals surface area (Å²) in [7, 11) is 0. The van der Waals surface area contributed by atoms with Crippen LogP contribution >= 0.6 is 12.4 Å². The van der Waals surface area contributed by atoms with E-state index in [0.29, 0.717) is 24.2 Å². The van der Waals surface area contributed by atoms with Gasteiger partial charge in [-0.3, -0.25) is 14.9 Å². The van der Waals surface area contributed by atoms with Gasteiger partial charge in [0.2, 0.25) is 5.91 Å². The molecule has 6 nitrogen and oxygen atoms in total. The monoisotopic (exact) mass is 311 g/mol. The highest BCUT2D eigenvalue weighted by atomic mass is 35.5. The van der Waals surface area contributed by atoms with Gasteiger partial charge in [0.25, 0.3) is 5.69 Å². The highest BCUT2D eigenvalue weighted by Crippen LogP contribution is 2.37. The molecule has 21 heavy (non-hydrogen) atoms. The lowest BCUT2D eigenvalue weighted by Crippen LogP contribution is -2.34. The van der Waals surface area contributed by atoms with Crippen molar-refractivity contribution >= 4 is 29.7 Å². The second kappa shape index (κ2) is 5.99. The Kier molecular flexibility index (Phi) is 4.49. The molecule has 0 bridgehead atoms. The van der Waals surface area contributed by atoms with Gasteiger partial charge in [-0.25, -0.2) is 0 Å². The highest BCUT2D eigenvalue weighted by molar-refractivity contribution is 5.97. The zero-order chi connectivity index (χ0) is 14.3. The van der Waals surface area contributed by atoms with Crippen molar-refractivity contribution < 1.29 is 9.72 Å². The van der Waals surface area contributed by atoms with Crippen LogP contribution in [0.15, 0.2) is 18.2 Å². The van der Waals surface area contributed by atoms with E-state index in [0.717, 1.165) is 19.3 Å². The summed E-state index contributed by atoms with van der Waals surface area (Å²) in [5.74, 6) is 0.0346. The molecule has 114 valence electrons. The number of fused-ring (bicyclic) bond motifs is 1. The van der Waals surface area contributed by atoms with Crippen LogP contribution in [0.2, 0.25) is 0 Å². The number of rotatable bonds is 2. The van der Waals surface area contributed by atoms with E-state index >= 15 is 0 Å². The van der Waals surface area contributed by atoms with Crippen LogP contribution < -0.4 is 10.6 Å². The Bertz CT molecular complexity index is 579. The van der Waals surface area contributed by atoms with Crippen molar-refractivity contribution in [1.29, 1.82) is 0 Å². The summed E-state index contributed by atoms with van der Waals surface area (Å²) in [4.78, 5) is 24.9. The average molecular weight is 312 g/mol. The number of benzene rings is 1. The van der Waals surface area contributed by atoms with Gasteiger partial charge in [-0.15, -0.1) is 12.4 Å². The third kappa shape index (κ3) is 2.73. The van der Waals surface area contributed by atoms with E-state index in [1.54, 1.807) is 17.0 Å². The second-order valence-corrected chi connectivity index (χ2v) is 5.54. The van der Waals surface area contributed by atoms with E-state index in [1.807, 2.05) is 0 Å². The summed E-state index contributed by atoms with van der Waals surface area (Å²) >= 11 is 0. The molecule has 0 spiro atoms. The molecule has 1 aliphatic heterocycles. The molecule has 1 amide bonds. The molecule has 1 aromatic carbocycles. The fourth-order valence-corrected chi connectivity index (χ4v) is 3.28. The van der Waals surface area contributed by atoms with Crippen LogP contribution in [0.3, 0.4) is 0 Å². The van der Waals surface area contributed by atoms with Gasteiger partial charge in [0, 0.05) is 24.6 Å². The number of nitro groups is 1. The largest absolute Gasteiger partial charge is 0.328 e. The predicted octanol–water partition coefficient (Wildman–Crippen LogP) is 2.03. The zero-order valence-corrected chi connectivity index (χ0v) is 12.3. The van der Waals surface area contributed by atoms with Crippen LogP contribution in [0, 0.1) is 16.0 Å². The van der Waals surface area contributed by atoms with Crippen molar-refractivity contribution in [3.63, 3.8) is 0 Å². The molecule has 0 saturated heterocycles. The fourth-order valence-electron chi connectivity index (χ4n) is 3.28. The number of nitrogens with zero attached hydrogens (tertiary/aromatic N) is 2. The van der Waals surface area contributed by atoms with Gasteiger partial charge >= 0.3 is 0 Å². The number of carbonyl (C=O) groups excluding carboxylic acids is 1. The molecular formula is C14H18ClN3O3. The Hall–Kier alpha value is -1.66. The molecular weight excluding hydrogens is 294 g/mol. The Labute approximate surface area is 128 Å². The minimum atomic E-state index is -0.377. The number of nitrogens with two attached hydrogens (primary N) is 1. The molecule has 3 rings (SSSR count). The molecule has 7 heteroatoms. The van der Waals surface area contributed by atoms with Crippen LogP contribution in [0.4, 0.5) is 11.4 Å². The zero-order valence-electron chi connectivity index (χ0n) is 11.5. The number of carbonyl (C=O) groups is 1. The molecule has 2 N–H and O–H groups in total. The lowest BCUT2D eigenvalue weighted by Gasteiger charge is -2.21. The SMILES string of the molecule is Cl.NC1CCC(C(=O)N2CCc3c2cccc3[N+](=O)[O-])C1. The van der Waals surface area contributed by atoms with Gasteiger partial charge in [-0.1, -0.05) is 6.07 Å². The van der Waals surface area contributed by atoms with Crippen LogP contribution in [0.25, 0.3) is 0 Å². The molecule has 0 radical (unpaired) electrons. The molecule has 1 fully saturated rings. The molecule has 1 heterocycles. The summed E-state index contributed by atoms with van der Waals surface area (Å²) < 4.78 is 0. The van der Waals surface area contributed by atoms with Crippen molar-refractivity contribution in [2.75, 3.05) is 11.4 Å². The molecule has 1 saturated carbocycles. The first-order valence-corrected chi connectivity index (χ1v) is 6.91. The maximum atomic E-state index is 12.5. The van der Waals surface area contributed by atoms with E-state index in [1.165, 1.54) is 6.07 Å². The van der Waals surface area contributed by atoms with Crippen LogP contribution in [-0.4, -0.2) is 23.4 Å². The van der Waals surface area contributed by atoms with E-state index in [2.05, 4.69) is 0 Å². The van der Waals surface area contributed by atoms with Crippen LogP contribution in [-0.2, 0) is 11.2 Å². The van der Waals surface area contributed by atoms with Crippen molar-refractivity contribution in [2.45, 2.75) is 31.7 Å². The molecule has 2 unspecified atom stereocenters. The second-order valence-electron chi connectivity index (χ2n) is 5.54. The maximum Gasteiger partial charge on any atom is 0.274 e. The Morgan fingerprint density at radius 3 is 2.76 bits per heavy atom. The summed E-state index contributed by atoms with van der Waals surface area (Å²) in [5, 5.41) is 11.0. The van der Waals surface area contributed by atoms with Crippen molar-refractivity contribution in [3.05, 3.63) is 33.9 Å². The summed E-state index contributed by atoms with van der Waals surface area (Å²) in [6, 6.07) is 5.04. The number of hydrogen-bond acceptors (Lipinski definition) is 4. The van der Waals surface area contributed by atoms with Gasteiger partial charge in [-0.05, 0) is 31.7 Å². The maximum absolute atomic E-state index is 12.5. The van der Waals surface area contributed by atoms with Crippen molar-refractivity contribution in [1.82, 2.24) is 0 Å². The normalized spacial score (nSPS) is 23.6. The fraction of sp³-hybridized carbons (Fsp3) is 0.500. The van der Waals surface area contributed by atoms with Crippen molar-refractivity contribution in [3.8, 4) is 0 Å². The quantitative estimate of drug-likeness (QED) is 0.668. The first-order valence-electron chi connectivity index (χ1n) is 6.91. The average Bonchev–Trinajstić information content (AvgIpc) is 3.03. The van der Waals surface area contributed by atoms with Gasteiger partial charge in [0.05, 0.1) is 16.2 Å². The lowest BCUT2D eigenvalue weighted by molar-refractivity contribution is -0.385. The number of nitro benzene ring substituents is 1. The number of anilines is 1. The summed E-state index contributed by atoms with van der Waals surface area (Å²) in [6.45, 7) is 0.532. The van der Waals surface area contributed by atoms with E-state index in [4.69, 9.17) is 5.73 Å². The summed E-state index contributed by atoms with van der Waals surface area (Å²) in [5.41, 5.74) is 7.34. The standard InChI is InChI=1S/C14H17N3O3.ClH/c15-10-5-4-9(8-10)14(18)16-7-6-11-12(16)2-1-3-13(11)17(19)20;/h1-3,9-10H,4-8,15H2;1H. The molecule has 1 aromatic rings. The first-order chi connectivity index (χ1) is 9.58. The minimum absolute atomic E-state index is 0. The van der Waals surface area contributed by atoms with Crippen LogP contribution in [0.1, 0.15) is 24.8 Å². The predicted molar refractivity (Wildman–Crippen MR) is 81.7 cm³/mol. The minimum Gasteiger partial charge on any atom is -0.328 e. The van der Waals surface area contributed by atoms with Crippen LogP contribution in [0.5, 0.6) is 0 Å². The molecule has 2 aliphatic rings. The van der Waals surface area contributed by atoms with Gasteiger partial charge < -0.3 is 10.6 Å². The highest BCUT2D eigenvalue weighted by Gasteiger charge is 2.36. The van der Waals surface area contributed by atoms with Gasteiger partial charge in [0.1, 0.15) is 0 Å². The third-order valence-electron chi connectivity index (χ3n) is 4.29. The smallest absolute Gasteiger partial charge is 0.274 e. The topological polar surface area (TPSA) is 89.5 Å². The molecule has 1 aliphatic carbocycles. The van der Waals surface area contributed by atoms with Gasteiger partial charge in [0.15, 0.2) is 0 Å². The van der Waals surface area contributed by atoms with E-state index in [-0.39, 0.29) is 40.9 Å². The van der Waals surface area contributed by atoms with E-state index < -0.39 is 0 Å².